The van der Waals surface area contributed by atoms with Gasteiger partial charge < -0.3 is 4.74 Å². The van der Waals surface area contributed by atoms with Crippen LogP contribution in [0.1, 0.15) is 0 Å². The standard InChI is InChI=1S/C15H14O4/c16-19-18-15-12-8-6-4-2-1-3-5-7-10-14(15)11-9-13-17-15/h1-13,16H/b2-1-,5-3-,6-4-,10-7-,12-8-. The first-order valence-electron chi connectivity index (χ1n) is 5.78. The summed E-state index contributed by atoms with van der Waals surface area (Å²) in [6.07, 6.45) is 23.3. The van der Waals surface area contributed by atoms with Crippen molar-refractivity contribution in [2.24, 2.45) is 0 Å². The Balaban J connectivity index is 2.40. The second-order valence-corrected chi connectivity index (χ2v) is 3.77. The summed E-state index contributed by atoms with van der Waals surface area (Å²) in [4.78, 5) is 4.88. The van der Waals surface area contributed by atoms with E-state index < -0.39 is 5.79 Å². The van der Waals surface area contributed by atoms with E-state index in [1.807, 2.05) is 54.7 Å². The maximum Gasteiger partial charge on any atom is 0.288 e. The van der Waals surface area contributed by atoms with E-state index in [2.05, 4.69) is 5.04 Å². The molecule has 1 heterocycles. The molecule has 0 aromatic heterocycles. The summed E-state index contributed by atoms with van der Waals surface area (Å²) in [5.74, 6) is -1.30. The van der Waals surface area contributed by atoms with E-state index in [-0.39, 0.29) is 0 Å². The van der Waals surface area contributed by atoms with E-state index in [1.165, 1.54) is 6.26 Å². The maximum atomic E-state index is 8.59. The highest BCUT2D eigenvalue weighted by Crippen LogP contribution is 2.30. The van der Waals surface area contributed by atoms with Gasteiger partial charge in [-0.15, -0.1) is 4.89 Å². The second kappa shape index (κ2) is 6.70. The lowest BCUT2D eigenvalue weighted by molar-refractivity contribution is -0.537. The van der Waals surface area contributed by atoms with Gasteiger partial charge in [-0.1, -0.05) is 59.7 Å². The van der Waals surface area contributed by atoms with Gasteiger partial charge in [-0.2, -0.15) is 0 Å². The Morgan fingerprint density at radius 1 is 0.895 bits per heavy atom. The monoisotopic (exact) mass is 258 g/mol. The first kappa shape index (κ1) is 13.3. The van der Waals surface area contributed by atoms with Crippen LogP contribution >= 0.6 is 0 Å². The van der Waals surface area contributed by atoms with Crippen LogP contribution in [0.3, 0.4) is 0 Å². The van der Waals surface area contributed by atoms with Crippen LogP contribution in [0, 0.1) is 0 Å². The molecule has 19 heavy (non-hydrogen) atoms. The highest BCUT2D eigenvalue weighted by molar-refractivity contribution is 5.39. The van der Waals surface area contributed by atoms with Crippen molar-refractivity contribution in [1.29, 1.82) is 0 Å². The molecule has 0 aromatic carbocycles. The number of ether oxygens (including phenoxy) is 1. The SMILES string of the molecule is OOOC12\C=C/C=C\C=C/C=C\C=C/C1=CC=CO2. The molecule has 0 bridgehead atoms. The van der Waals surface area contributed by atoms with E-state index in [0.29, 0.717) is 5.57 Å². The Bertz CT molecular complexity index is 506. The third-order valence-electron chi connectivity index (χ3n) is 2.53. The fourth-order valence-electron chi connectivity index (χ4n) is 1.65. The number of allylic oxidation sites excluding steroid dienone is 10. The topological polar surface area (TPSA) is 47.9 Å². The van der Waals surface area contributed by atoms with E-state index >= 15 is 0 Å². The van der Waals surface area contributed by atoms with Crippen molar-refractivity contribution in [3.05, 3.63) is 84.7 Å². The first-order valence-corrected chi connectivity index (χ1v) is 5.78. The Kier molecular flexibility index (Phi) is 4.69. The minimum atomic E-state index is -1.30. The number of rotatable bonds is 2. The van der Waals surface area contributed by atoms with Crippen molar-refractivity contribution in [1.82, 2.24) is 0 Å². The third-order valence-corrected chi connectivity index (χ3v) is 2.53. The fourth-order valence-corrected chi connectivity index (χ4v) is 1.65. The molecule has 0 radical (unpaired) electrons. The van der Waals surface area contributed by atoms with Crippen LogP contribution in [0.25, 0.3) is 0 Å². The summed E-state index contributed by atoms with van der Waals surface area (Å²) >= 11 is 0. The highest BCUT2D eigenvalue weighted by Gasteiger charge is 2.36. The van der Waals surface area contributed by atoms with Crippen LogP contribution in [0.5, 0.6) is 0 Å². The number of hydrogen-bond donors (Lipinski definition) is 1. The molecular weight excluding hydrogens is 244 g/mol. The molecule has 0 saturated carbocycles. The summed E-state index contributed by atoms with van der Waals surface area (Å²) < 4.78 is 5.44. The van der Waals surface area contributed by atoms with Crippen LogP contribution in [0.15, 0.2) is 84.7 Å². The van der Waals surface area contributed by atoms with Gasteiger partial charge in [0.1, 0.15) is 0 Å². The predicted octanol–water partition coefficient (Wildman–Crippen LogP) is 3.37. The first-order chi connectivity index (χ1) is 9.37. The van der Waals surface area contributed by atoms with Crippen molar-refractivity contribution in [2.75, 3.05) is 0 Å². The fraction of sp³-hybridized carbons (Fsp3) is 0.0667. The molecule has 4 nitrogen and oxygen atoms in total. The third kappa shape index (κ3) is 3.42. The van der Waals surface area contributed by atoms with Gasteiger partial charge in [0.05, 0.1) is 6.26 Å². The van der Waals surface area contributed by atoms with Gasteiger partial charge in [0.2, 0.25) is 0 Å². The van der Waals surface area contributed by atoms with Gasteiger partial charge in [0.25, 0.3) is 5.79 Å². The Morgan fingerprint density at radius 3 is 2.32 bits per heavy atom. The zero-order valence-corrected chi connectivity index (χ0v) is 10.2. The molecule has 2 aliphatic rings. The largest absolute Gasteiger partial charge is 0.459 e. The molecule has 0 fully saturated rings. The van der Waals surface area contributed by atoms with Gasteiger partial charge in [-0.3, -0.25) is 0 Å². The van der Waals surface area contributed by atoms with Crippen LogP contribution < -0.4 is 0 Å². The zero-order valence-electron chi connectivity index (χ0n) is 10.2. The number of fused-ring (bicyclic) bond motifs is 1. The molecule has 2 rings (SSSR count). The number of hydrogen-bond acceptors (Lipinski definition) is 4. The molecule has 0 spiro atoms. The van der Waals surface area contributed by atoms with Gasteiger partial charge >= 0.3 is 0 Å². The molecular formula is C15H14O4. The molecule has 1 unspecified atom stereocenters. The van der Waals surface area contributed by atoms with Crippen molar-refractivity contribution >= 4 is 0 Å². The van der Waals surface area contributed by atoms with E-state index in [9.17, 15) is 0 Å². The summed E-state index contributed by atoms with van der Waals surface area (Å²) in [6.45, 7) is 0. The van der Waals surface area contributed by atoms with Crippen molar-refractivity contribution in [3.8, 4) is 0 Å². The smallest absolute Gasteiger partial charge is 0.288 e. The van der Waals surface area contributed by atoms with Crippen molar-refractivity contribution in [2.45, 2.75) is 5.79 Å². The molecule has 1 aliphatic heterocycles. The van der Waals surface area contributed by atoms with E-state index in [1.54, 1.807) is 18.2 Å². The predicted molar refractivity (Wildman–Crippen MR) is 71.5 cm³/mol. The summed E-state index contributed by atoms with van der Waals surface area (Å²) in [5, 5.41) is 12.4. The lowest BCUT2D eigenvalue weighted by atomic mass is 10.0. The van der Waals surface area contributed by atoms with Gasteiger partial charge in [-0.25, -0.2) is 5.26 Å². The summed E-state index contributed by atoms with van der Waals surface area (Å²) in [7, 11) is 0. The zero-order chi connectivity index (χ0) is 13.4. The molecule has 1 aliphatic carbocycles. The summed E-state index contributed by atoms with van der Waals surface area (Å²) in [5.41, 5.74) is 0.683. The van der Waals surface area contributed by atoms with Gasteiger partial charge in [0.15, 0.2) is 0 Å². The Morgan fingerprint density at radius 2 is 1.58 bits per heavy atom. The molecule has 1 N–H and O–H groups in total. The van der Waals surface area contributed by atoms with Crippen molar-refractivity contribution in [3.63, 3.8) is 0 Å². The summed E-state index contributed by atoms with van der Waals surface area (Å²) in [6, 6.07) is 0. The van der Waals surface area contributed by atoms with Crippen LogP contribution in [0.2, 0.25) is 0 Å². The molecule has 0 saturated heterocycles. The molecule has 0 aromatic rings. The van der Waals surface area contributed by atoms with Gasteiger partial charge in [0, 0.05) is 5.57 Å². The normalized spacial score (nSPS) is 33.6. The molecule has 4 heteroatoms. The molecule has 98 valence electrons. The Labute approximate surface area is 111 Å². The molecule has 0 amide bonds. The quantitative estimate of drug-likeness (QED) is 0.609. The van der Waals surface area contributed by atoms with E-state index in [0.717, 1.165) is 0 Å². The minimum Gasteiger partial charge on any atom is -0.459 e. The highest BCUT2D eigenvalue weighted by atomic mass is 17.5. The van der Waals surface area contributed by atoms with Crippen LogP contribution in [0.4, 0.5) is 0 Å². The Hall–Kier alpha value is -2.14. The lowest BCUT2D eigenvalue weighted by Crippen LogP contribution is -2.35. The average Bonchev–Trinajstić information content (AvgIpc) is 2.41. The second-order valence-electron chi connectivity index (χ2n) is 3.77. The van der Waals surface area contributed by atoms with E-state index in [4.69, 9.17) is 14.9 Å². The van der Waals surface area contributed by atoms with Crippen LogP contribution in [-0.4, -0.2) is 11.0 Å². The minimum absolute atomic E-state index is 0.683. The van der Waals surface area contributed by atoms with Crippen LogP contribution in [-0.2, 0) is 14.7 Å². The lowest BCUT2D eigenvalue weighted by Gasteiger charge is -2.29. The maximum absolute atomic E-state index is 8.59. The van der Waals surface area contributed by atoms with Gasteiger partial charge in [-0.05, 0) is 18.2 Å². The van der Waals surface area contributed by atoms with Crippen molar-refractivity contribution < 1.29 is 19.9 Å². The average molecular weight is 258 g/mol. The molecule has 1 atom stereocenters.